The number of hydrogen-bond donors (Lipinski definition) is 3. The van der Waals surface area contributed by atoms with E-state index in [9.17, 15) is 19.7 Å². The van der Waals surface area contributed by atoms with Gasteiger partial charge in [0.2, 0.25) is 0 Å². The Hall–Kier alpha value is -1.99. The van der Waals surface area contributed by atoms with Crippen molar-refractivity contribution < 1.29 is 29.2 Å². The first kappa shape index (κ1) is 19.8. The van der Waals surface area contributed by atoms with E-state index in [0.29, 0.717) is 12.0 Å². The molecule has 5 nitrogen and oxygen atoms in total. The third-order valence-corrected chi connectivity index (χ3v) is 5.10. The summed E-state index contributed by atoms with van der Waals surface area (Å²) in [5.41, 5.74) is 3.84. The van der Waals surface area contributed by atoms with Crippen LogP contribution < -0.4 is 4.74 Å². The minimum atomic E-state index is -1.83. The van der Waals surface area contributed by atoms with E-state index in [2.05, 4.69) is 0 Å². The summed E-state index contributed by atoms with van der Waals surface area (Å²) in [6.45, 7) is 1.43. The average Bonchev–Trinajstić information content (AvgIpc) is 2.69. The smallest absolute Gasteiger partial charge is 0.157 e. The fourth-order valence-corrected chi connectivity index (χ4v) is 3.37. The molecule has 1 heterocycles. The van der Waals surface area contributed by atoms with Crippen LogP contribution in [-0.4, -0.2) is 53.5 Å². The van der Waals surface area contributed by atoms with Gasteiger partial charge < -0.3 is 24.8 Å². The number of rotatable bonds is 5. The first-order valence-corrected chi connectivity index (χ1v) is 8.93. The molecular weight excluding hydrogens is 351 g/mol. The van der Waals surface area contributed by atoms with Crippen LogP contribution in [0.3, 0.4) is 0 Å². The Morgan fingerprint density at radius 1 is 1.07 bits per heavy atom. The Morgan fingerprint density at radius 2 is 1.78 bits per heavy atom. The first-order valence-electron chi connectivity index (χ1n) is 8.93. The van der Waals surface area contributed by atoms with Gasteiger partial charge in [-0.2, -0.15) is 0 Å². The van der Waals surface area contributed by atoms with E-state index in [1.165, 1.54) is 0 Å². The van der Waals surface area contributed by atoms with Gasteiger partial charge >= 0.3 is 0 Å². The molecule has 0 bridgehead atoms. The summed E-state index contributed by atoms with van der Waals surface area (Å²) in [6.07, 6.45) is -6.24. The minimum Gasteiger partial charge on any atom is -0.497 e. The van der Waals surface area contributed by atoms with Gasteiger partial charge in [0.05, 0.1) is 13.7 Å². The molecule has 1 aliphatic rings. The monoisotopic (exact) mass is 376 g/mol. The van der Waals surface area contributed by atoms with Crippen molar-refractivity contribution in [2.45, 2.75) is 43.9 Å². The molecule has 2 aromatic carbocycles. The van der Waals surface area contributed by atoms with Crippen LogP contribution >= 0.6 is 0 Å². The Balaban J connectivity index is 1.85. The summed E-state index contributed by atoms with van der Waals surface area (Å²) in [5, 5.41) is 29.5. The SMILES string of the molecule is COc1ccc(Cc2cc([C@@H]3O[C@H](CO)[C@@H](F)[C@H](O)[C@H]3O)ccc2C)cc1. The summed E-state index contributed by atoms with van der Waals surface area (Å²) < 4.78 is 24.7. The number of benzene rings is 2. The largest absolute Gasteiger partial charge is 0.497 e. The number of alkyl halides is 1. The van der Waals surface area contributed by atoms with Crippen molar-refractivity contribution in [1.82, 2.24) is 0 Å². The second-order valence-electron chi connectivity index (χ2n) is 6.91. The summed E-state index contributed by atoms with van der Waals surface area (Å²) in [6, 6.07) is 13.4. The highest BCUT2D eigenvalue weighted by Crippen LogP contribution is 2.34. The fraction of sp³-hybridized carbons (Fsp3) is 0.429. The van der Waals surface area contributed by atoms with Gasteiger partial charge in [0.1, 0.15) is 30.2 Å². The van der Waals surface area contributed by atoms with Crippen molar-refractivity contribution in [3.63, 3.8) is 0 Å². The van der Waals surface area contributed by atoms with Gasteiger partial charge in [-0.25, -0.2) is 4.39 Å². The molecule has 0 unspecified atom stereocenters. The molecule has 0 radical (unpaired) electrons. The summed E-state index contributed by atoms with van der Waals surface area (Å²) in [4.78, 5) is 0. The predicted octanol–water partition coefficient (Wildman–Crippen LogP) is 2.09. The molecule has 0 amide bonds. The molecule has 1 saturated heterocycles. The number of hydrogen-bond acceptors (Lipinski definition) is 5. The number of ether oxygens (including phenoxy) is 2. The zero-order chi connectivity index (χ0) is 19.6. The molecule has 0 aromatic heterocycles. The fourth-order valence-electron chi connectivity index (χ4n) is 3.37. The van der Waals surface area contributed by atoms with Gasteiger partial charge in [-0.1, -0.05) is 30.3 Å². The van der Waals surface area contributed by atoms with Crippen LogP contribution in [-0.2, 0) is 11.2 Å². The Bertz CT molecular complexity index is 762. The molecule has 0 spiro atoms. The van der Waals surface area contributed by atoms with E-state index in [4.69, 9.17) is 9.47 Å². The van der Waals surface area contributed by atoms with Crippen LogP contribution in [0.5, 0.6) is 5.75 Å². The minimum absolute atomic E-state index is 0.563. The summed E-state index contributed by atoms with van der Waals surface area (Å²) in [7, 11) is 1.62. The maximum Gasteiger partial charge on any atom is 0.157 e. The molecule has 146 valence electrons. The highest BCUT2D eigenvalue weighted by molar-refractivity contribution is 5.38. The molecular formula is C21H25FO5. The molecule has 0 aliphatic carbocycles. The van der Waals surface area contributed by atoms with Crippen LogP contribution in [0.1, 0.15) is 28.4 Å². The lowest BCUT2D eigenvalue weighted by molar-refractivity contribution is -0.214. The van der Waals surface area contributed by atoms with Crippen molar-refractivity contribution in [2.24, 2.45) is 0 Å². The highest BCUT2D eigenvalue weighted by atomic mass is 19.1. The van der Waals surface area contributed by atoms with E-state index < -0.39 is 37.2 Å². The van der Waals surface area contributed by atoms with Crippen molar-refractivity contribution in [1.29, 1.82) is 0 Å². The third-order valence-electron chi connectivity index (χ3n) is 5.10. The standard InChI is InChI=1S/C21H25FO5/c1-12-3-6-14(21-20(25)19(24)18(22)17(11-23)27-21)10-15(12)9-13-4-7-16(26-2)8-5-13/h3-8,10,17-21,23-25H,9,11H2,1-2H3/t17-,18-,19+,20-,21+/m1/s1. The maximum atomic E-state index is 14.0. The summed E-state index contributed by atoms with van der Waals surface area (Å²) in [5.74, 6) is 0.785. The van der Waals surface area contributed by atoms with Crippen LogP contribution in [0.15, 0.2) is 42.5 Å². The Kier molecular flexibility index (Phi) is 6.11. The van der Waals surface area contributed by atoms with E-state index in [-0.39, 0.29) is 0 Å². The lowest BCUT2D eigenvalue weighted by Crippen LogP contribution is -2.53. The van der Waals surface area contributed by atoms with Crippen LogP contribution in [0, 0.1) is 6.92 Å². The molecule has 0 saturated carbocycles. The second kappa shape index (κ2) is 8.35. The third kappa shape index (κ3) is 4.14. The molecule has 3 N–H and O–H groups in total. The number of methoxy groups -OCH3 is 1. The van der Waals surface area contributed by atoms with E-state index in [1.54, 1.807) is 13.2 Å². The van der Waals surface area contributed by atoms with Gasteiger partial charge in [0.15, 0.2) is 6.17 Å². The van der Waals surface area contributed by atoms with Crippen molar-refractivity contribution >= 4 is 0 Å². The average molecular weight is 376 g/mol. The van der Waals surface area contributed by atoms with Crippen molar-refractivity contribution in [3.8, 4) is 5.75 Å². The molecule has 3 rings (SSSR count). The zero-order valence-corrected chi connectivity index (χ0v) is 15.4. The highest BCUT2D eigenvalue weighted by Gasteiger charge is 2.45. The lowest BCUT2D eigenvalue weighted by Gasteiger charge is -2.39. The van der Waals surface area contributed by atoms with E-state index in [0.717, 1.165) is 22.4 Å². The molecule has 1 fully saturated rings. The van der Waals surface area contributed by atoms with Crippen LogP contribution in [0.4, 0.5) is 4.39 Å². The number of aliphatic hydroxyl groups is 3. The Labute approximate surface area is 158 Å². The van der Waals surface area contributed by atoms with E-state index in [1.807, 2.05) is 43.3 Å². The maximum absolute atomic E-state index is 14.0. The molecule has 5 atom stereocenters. The van der Waals surface area contributed by atoms with Gasteiger partial charge in [-0.05, 0) is 47.7 Å². The topological polar surface area (TPSA) is 79.2 Å². The normalized spacial score (nSPS) is 28.1. The quantitative estimate of drug-likeness (QED) is 0.745. The van der Waals surface area contributed by atoms with Gasteiger partial charge in [0, 0.05) is 0 Å². The van der Waals surface area contributed by atoms with Crippen molar-refractivity contribution in [2.75, 3.05) is 13.7 Å². The molecule has 6 heteroatoms. The predicted molar refractivity (Wildman–Crippen MR) is 98.6 cm³/mol. The molecule has 2 aromatic rings. The molecule has 1 aliphatic heterocycles. The van der Waals surface area contributed by atoms with Gasteiger partial charge in [-0.15, -0.1) is 0 Å². The number of halogens is 1. The van der Waals surface area contributed by atoms with Gasteiger partial charge in [0.25, 0.3) is 0 Å². The summed E-state index contributed by atoms with van der Waals surface area (Å²) >= 11 is 0. The van der Waals surface area contributed by atoms with Crippen LogP contribution in [0.25, 0.3) is 0 Å². The Morgan fingerprint density at radius 3 is 2.41 bits per heavy atom. The lowest BCUT2D eigenvalue weighted by atomic mass is 9.89. The zero-order valence-electron chi connectivity index (χ0n) is 15.4. The number of aryl methyl sites for hydroxylation is 1. The van der Waals surface area contributed by atoms with Crippen molar-refractivity contribution in [3.05, 3.63) is 64.7 Å². The molecule has 27 heavy (non-hydrogen) atoms. The second-order valence-corrected chi connectivity index (χ2v) is 6.91. The van der Waals surface area contributed by atoms with Crippen LogP contribution in [0.2, 0.25) is 0 Å². The van der Waals surface area contributed by atoms with Gasteiger partial charge in [-0.3, -0.25) is 0 Å². The van der Waals surface area contributed by atoms with E-state index >= 15 is 0 Å². The number of aliphatic hydroxyl groups excluding tert-OH is 3. The first-order chi connectivity index (χ1) is 12.9.